The zero-order valence-corrected chi connectivity index (χ0v) is 13.4. The van der Waals surface area contributed by atoms with E-state index in [-0.39, 0.29) is 11.7 Å². The van der Waals surface area contributed by atoms with Crippen LogP contribution >= 0.6 is 38.6 Å². The standard InChI is InChI=1S/C14H9BrFNOS2/c15-10-3-4-19-13(10)7-17-14(18)12-5-8-1-2-9(16)6-11(8)20-12/h1-6H,7H2,(H,17,18). The van der Waals surface area contributed by atoms with Gasteiger partial charge in [-0.25, -0.2) is 4.39 Å². The summed E-state index contributed by atoms with van der Waals surface area (Å²) in [4.78, 5) is 13.8. The van der Waals surface area contributed by atoms with E-state index in [1.807, 2.05) is 11.4 Å². The molecule has 0 bridgehead atoms. The lowest BCUT2D eigenvalue weighted by Crippen LogP contribution is -2.21. The van der Waals surface area contributed by atoms with Crippen molar-refractivity contribution < 1.29 is 9.18 Å². The molecule has 3 aromatic rings. The maximum Gasteiger partial charge on any atom is 0.261 e. The molecule has 0 atom stereocenters. The molecule has 1 N–H and O–H groups in total. The zero-order valence-electron chi connectivity index (χ0n) is 10.2. The number of hydrogen-bond acceptors (Lipinski definition) is 3. The topological polar surface area (TPSA) is 29.1 Å². The number of nitrogens with one attached hydrogen (secondary N) is 1. The van der Waals surface area contributed by atoms with E-state index in [1.54, 1.807) is 23.5 Å². The van der Waals surface area contributed by atoms with Gasteiger partial charge in [-0.1, -0.05) is 6.07 Å². The van der Waals surface area contributed by atoms with Gasteiger partial charge in [0.25, 0.3) is 5.91 Å². The summed E-state index contributed by atoms with van der Waals surface area (Å²) in [6.45, 7) is 0.486. The fourth-order valence-corrected chi connectivity index (χ4v) is 4.25. The van der Waals surface area contributed by atoms with Crippen molar-refractivity contribution in [2.45, 2.75) is 6.54 Å². The Kier molecular flexibility index (Phi) is 3.87. The Bertz CT molecular complexity index is 780. The van der Waals surface area contributed by atoms with E-state index in [0.29, 0.717) is 11.4 Å². The molecular formula is C14H9BrFNOS2. The molecule has 0 unspecified atom stereocenters. The van der Waals surface area contributed by atoms with Crippen LogP contribution in [0, 0.1) is 5.82 Å². The van der Waals surface area contributed by atoms with Crippen LogP contribution in [0.3, 0.4) is 0 Å². The fourth-order valence-electron chi connectivity index (χ4n) is 1.82. The second kappa shape index (κ2) is 5.63. The largest absolute Gasteiger partial charge is 0.346 e. The van der Waals surface area contributed by atoms with E-state index < -0.39 is 0 Å². The maximum absolute atomic E-state index is 13.1. The predicted octanol–water partition coefficient (Wildman–Crippen LogP) is 4.79. The molecule has 2 heterocycles. The minimum atomic E-state index is -0.283. The molecule has 0 aliphatic heterocycles. The van der Waals surface area contributed by atoms with Crippen molar-refractivity contribution in [1.29, 1.82) is 0 Å². The van der Waals surface area contributed by atoms with Crippen LogP contribution in [0.15, 0.2) is 40.2 Å². The highest BCUT2D eigenvalue weighted by Crippen LogP contribution is 2.27. The van der Waals surface area contributed by atoms with Gasteiger partial charge in [-0.3, -0.25) is 4.79 Å². The van der Waals surface area contributed by atoms with Crippen LogP contribution in [-0.4, -0.2) is 5.91 Å². The summed E-state index contributed by atoms with van der Waals surface area (Å²) in [6, 6.07) is 8.28. The Labute approximate surface area is 131 Å². The number of halogens is 2. The number of benzene rings is 1. The van der Waals surface area contributed by atoms with Gasteiger partial charge >= 0.3 is 0 Å². The molecule has 0 saturated carbocycles. The summed E-state index contributed by atoms with van der Waals surface area (Å²) in [7, 11) is 0. The molecule has 3 rings (SSSR count). The fraction of sp³-hybridized carbons (Fsp3) is 0.0714. The van der Waals surface area contributed by atoms with Crippen LogP contribution in [0.2, 0.25) is 0 Å². The molecular weight excluding hydrogens is 361 g/mol. The number of hydrogen-bond donors (Lipinski definition) is 1. The van der Waals surface area contributed by atoms with Crippen molar-refractivity contribution in [2.75, 3.05) is 0 Å². The van der Waals surface area contributed by atoms with Crippen LogP contribution in [-0.2, 0) is 6.54 Å². The summed E-state index contributed by atoms with van der Waals surface area (Å²) in [5.41, 5.74) is 0. The van der Waals surface area contributed by atoms with Crippen molar-refractivity contribution in [3.8, 4) is 0 Å². The second-order valence-electron chi connectivity index (χ2n) is 4.17. The Morgan fingerprint density at radius 2 is 2.15 bits per heavy atom. The lowest BCUT2D eigenvalue weighted by Gasteiger charge is -2.01. The van der Waals surface area contributed by atoms with Gasteiger partial charge in [-0.05, 0) is 51.0 Å². The monoisotopic (exact) mass is 369 g/mol. The third-order valence-electron chi connectivity index (χ3n) is 2.81. The highest BCUT2D eigenvalue weighted by molar-refractivity contribution is 9.10. The van der Waals surface area contributed by atoms with Crippen molar-refractivity contribution in [3.63, 3.8) is 0 Å². The molecule has 0 fully saturated rings. The summed E-state index contributed by atoms with van der Waals surface area (Å²) >= 11 is 6.32. The zero-order chi connectivity index (χ0) is 14.1. The van der Waals surface area contributed by atoms with Crippen LogP contribution in [0.1, 0.15) is 14.5 Å². The summed E-state index contributed by atoms with van der Waals surface area (Å²) in [6.07, 6.45) is 0. The van der Waals surface area contributed by atoms with Crippen LogP contribution in [0.4, 0.5) is 4.39 Å². The molecule has 6 heteroatoms. The van der Waals surface area contributed by atoms with Gasteiger partial charge in [0, 0.05) is 14.0 Å². The molecule has 1 aromatic carbocycles. The van der Waals surface area contributed by atoms with Crippen LogP contribution in [0.5, 0.6) is 0 Å². The van der Waals surface area contributed by atoms with E-state index in [4.69, 9.17) is 0 Å². The van der Waals surface area contributed by atoms with Gasteiger partial charge in [-0.15, -0.1) is 22.7 Å². The third kappa shape index (κ3) is 2.77. The molecule has 0 radical (unpaired) electrons. The first-order chi connectivity index (χ1) is 9.63. The first-order valence-electron chi connectivity index (χ1n) is 5.82. The summed E-state index contributed by atoms with van der Waals surface area (Å²) < 4.78 is 14.9. The van der Waals surface area contributed by atoms with Gasteiger partial charge in [0.05, 0.1) is 11.4 Å². The molecule has 0 aliphatic rings. The second-order valence-corrected chi connectivity index (χ2v) is 7.11. The van der Waals surface area contributed by atoms with Gasteiger partial charge in [0.15, 0.2) is 0 Å². The minimum absolute atomic E-state index is 0.132. The van der Waals surface area contributed by atoms with Gasteiger partial charge in [0.2, 0.25) is 0 Å². The Balaban J connectivity index is 1.77. The van der Waals surface area contributed by atoms with Crippen LogP contribution < -0.4 is 5.32 Å². The smallest absolute Gasteiger partial charge is 0.261 e. The first kappa shape index (κ1) is 13.7. The normalized spacial score (nSPS) is 10.9. The number of rotatable bonds is 3. The van der Waals surface area contributed by atoms with Gasteiger partial charge in [-0.2, -0.15) is 0 Å². The molecule has 0 spiro atoms. The molecule has 0 saturated heterocycles. The van der Waals surface area contributed by atoms with Crippen LogP contribution in [0.25, 0.3) is 10.1 Å². The van der Waals surface area contributed by atoms with E-state index in [1.165, 1.54) is 23.5 Å². The third-order valence-corrected chi connectivity index (χ3v) is 5.83. The highest BCUT2D eigenvalue weighted by atomic mass is 79.9. The predicted molar refractivity (Wildman–Crippen MR) is 85.0 cm³/mol. The Hall–Kier alpha value is -1.24. The quantitative estimate of drug-likeness (QED) is 0.706. The molecule has 2 nitrogen and oxygen atoms in total. The van der Waals surface area contributed by atoms with Crippen molar-refractivity contribution in [3.05, 3.63) is 55.8 Å². The number of carbonyl (C=O) groups is 1. The van der Waals surface area contributed by atoms with Gasteiger partial charge < -0.3 is 5.32 Å². The number of amides is 1. The number of thiophene rings is 2. The minimum Gasteiger partial charge on any atom is -0.346 e. The average Bonchev–Trinajstić information content (AvgIpc) is 3.01. The maximum atomic E-state index is 13.1. The molecule has 0 aliphatic carbocycles. The van der Waals surface area contributed by atoms with Crippen molar-refractivity contribution in [1.82, 2.24) is 5.32 Å². The number of carbonyl (C=O) groups excluding carboxylic acids is 1. The Morgan fingerprint density at radius 3 is 2.90 bits per heavy atom. The molecule has 102 valence electrons. The highest BCUT2D eigenvalue weighted by Gasteiger charge is 2.11. The lowest BCUT2D eigenvalue weighted by atomic mass is 10.2. The van der Waals surface area contributed by atoms with Gasteiger partial charge in [0.1, 0.15) is 5.82 Å². The molecule has 2 aromatic heterocycles. The first-order valence-corrected chi connectivity index (χ1v) is 8.31. The van der Waals surface area contributed by atoms with Crippen molar-refractivity contribution in [2.24, 2.45) is 0 Å². The summed E-state index contributed by atoms with van der Waals surface area (Å²) in [5.74, 6) is -0.416. The Morgan fingerprint density at radius 1 is 1.30 bits per heavy atom. The van der Waals surface area contributed by atoms with E-state index in [0.717, 1.165) is 19.4 Å². The molecule has 1 amide bonds. The van der Waals surface area contributed by atoms with E-state index in [2.05, 4.69) is 21.2 Å². The SMILES string of the molecule is O=C(NCc1sccc1Br)c1cc2ccc(F)cc2s1. The van der Waals surface area contributed by atoms with E-state index >= 15 is 0 Å². The molecule has 20 heavy (non-hydrogen) atoms. The average molecular weight is 370 g/mol. The lowest BCUT2D eigenvalue weighted by molar-refractivity contribution is 0.0955. The number of fused-ring (bicyclic) bond motifs is 1. The van der Waals surface area contributed by atoms with E-state index in [9.17, 15) is 9.18 Å². The van der Waals surface area contributed by atoms with Crippen molar-refractivity contribution >= 4 is 54.6 Å². The summed E-state index contributed by atoms with van der Waals surface area (Å²) in [5, 5.41) is 5.73.